The zero-order chi connectivity index (χ0) is 14.4. The molecule has 0 spiro atoms. The molecule has 1 unspecified atom stereocenters. The second kappa shape index (κ2) is 7.51. The van der Waals surface area contributed by atoms with Gasteiger partial charge < -0.3 is 10.6 Å². The van der Waals surface area contributed by atoms with Gasteiger partial charge in [-0.1, -0.05) is 43.5 Å². The first-order valence-electron chi connectivity index (χ1n) is 6.75. The SMILES string of the molecule is CCCC[C@H](N)C(=O)N(C)C(C)c1ccc(Cl)cc1. The van der Waals surface area contributed by atoms with E-state index in [0.29, 0.717) is 5.02 Å². The number of halogens is 1. The molecule has 0 aromatic heterocycles. The Bertz CT molecular complexity index is 405. The second-order valence-corrected chi connectivity index (χ2v) is 5.36. The highest BCUT2D eigenvalue weighted by Gasteiger charge is 2.22. The zero-order valence-corrected chi connectivity index (χ0v) is 12.7. The van der Waals surface area contributed by atoms with Crippen LogP contribution in [0.15, 0.2) is 24.3 Å². The standard InChI is InChI=1S/C15H23ClN2O/c1-4-5-6-14(17)15(19)18(3)11(2)12-7-9-13(16)10-8-12/h7-11,14H,4-6,17H2,1-3H3/t11?,14-/m0/s1. The van der Waals surface area contributed by atoms with Crippen LogP contribution in [0.2, 0.25) is 5.02 Å². The second-order valence-electron chi connectivity index (χ2n) is 4.93. The number of likely N-dealkylation sites (N-methyl/N-ethyl adjacent to an activating group) is 1. The topological polar surface area (TPSA) is 46.3 Å². The first-order valence-corrected chi connectivity index (χ1v) is 7.12. The van der Waals surface area contributed by atoms with Gasteiger partial charge in [-0.25, -0.2) is 0 Å². The van der Waals surface area contributed by atoms with Crippen molar-refractivity contribution in [3.8, 4) is 0 Å². The number of benzene rings is 1. The summed E-state index contributed by atoms with van der Waals surface area (Å²) in [5, 5.41) is 0.699. The van der Waals surface area contributed by atoms with Crippen molar-refractivity contribution in [1.82, 2.24) is 4.90 Å². The molecule has 0 aliphatic heterocycles. The van der Waals surface area contributed by atoms with E-state index in [1.165, 1.54) is 0 Å². The summed E-state index contributed by atoms with van der Waals surface area (Å²) in [5.74, 6) is -0.00380. The lowest BCUT2D eigenvalue weighted by atomic mass is 10.0. The molecule has 2 N–H and O–H groups in total. The summed E-state index contributed by atoms with van der Waals surface area (Å²) in [6, 6.07) is 7.14. The lowest BCUT2D eigenvalue weighted by Gasteiger charge is -2.28. The number of nitrogens with two attached hydrogens (primary N) is 1. The van der Waals surface area contributed by atoms with E-state index in [4.69, 9.17) is 17.3 Å². The van der Waals surface area contributed by atoms with Crippen LogP contribution >= 0.6 is 11.6 Å². The normalized spacial score (nSPS) is 13.9. The van der Waals surface area contributed by atoms with Gasteiger partial charge in [0.05, 0.1) is 12.1 Å². The maximum Gasteiger partial charge on any atom is 0.239 e. The summed E-state index contributed by atoms with van der Waals surface area (Å²) in [5.41, 5.74) is 6.99. The van der Waals surface area contributed by atoms with Crippen LogP contribution in [0.4, 0.5) is 0 Å². The maximum atomic E-state index is 12.2. The molecule has 1 aromatic carbocycles. The molecule has 4 heteroatoms. The first-order chi connectivity index (χ1) is 8.97. The predicted octanol–water partition coefficient (Wildman–Crippen LogP) is 3.38. The van der Waals surface area contributed by atoms with Gasteiger partial charge in [0.25, 0.3) is 0 Å². The van der Waals surface area contributed by atoms with Crippen molar-refractivity contribution in [2.24, 2.45) is 5.73 Å². The quantitative estimate of drug-likeness (QED) is 0.869. The number of unbranched alkanes of at least 4 members (excludes halogenated alkanes) is 1. The van der Waals surface area contributed by atoms with Crippen molar-refractivity contribution in [2.45, 2.75) is 45.2 Å². The number of carbonyl (C=O) groups excluding carboxylic acids is 1. The Morgan fingerprint density at radius 3 is 2.47 bits per heavy atom. The Labute approximate surface area is 120 Å². The van der Waals surface area contributed by atoms with Gasteiger partial charge in [0.2, 0.25) is 5.91 Å². The molecular weight excluding hydrogens is 260 g/mol. The number of hydrogen-bond donors (Lipinski definition) is 1. The molecule has 1 amide bonds. The molecule has 106 valence electrons. The molecule has 0 aliphatic carbocycles. The van der Waals surface area contributed by atoms with Crippen LogP contribution in [0.25, 0.3) is 0 Å². The van der Waals surface area contributed by atoms with Crippen LogP contribution < -0.4 is 5.73 Å². The molecule has 0 fully saturated rings. The Morgan fingerprint density at radius 1 is 1.37 bits per heavy atom. The Morgan fingerprint density at radius 2 is 1.95 bits per heavy atom. The van der Waals surface area contributed by atoms with Crippen LogP contribution in [-0.2, 0) is 4.79 Å². The van der Waals surface area contributed by atoms with E-state index >= 15 is 0 Å². The Balaban J connectivity index is 2.67. The predicted molar refractivity (Wildman–Crippen MR) is 80.1 cm³/mol. The van der Waals surface area contributed by atoms with E-state index in [2.05, 4.69) is 6.92 Å². The van der Waals surface area contributed by atoms with Crippen LogP contribution in [-0.4, -0.2) is 23.9 Å². The molecule has 0 saturated carbocycles. The lowest BCUT2D eigenvalue weighted by Crippen LogP contribution is -2.42. The van der Waals surface area contributed by atoms with E-state index in [1.807, 2.05) is 31.2 Å². The monoisotopic (exact) mass is 282 g/mol. The summed E-state index contributed by atoms with van der Waals surface area (Å²) < 4.78 is 0. The van der Waals surface area contributed by atoms with E-state index in [1.54, 1.807) is 11.9 Å². The zero-order valence-electron chi connectivity index (χ0n) is 11.9. The van der Waals surface area contributed by atoms with E-state index < -0.39 is 6.04 Å². The Kier molecular flexibility index (Phi) is 6.32. The van der Waals surface area contributed by atoms with Crippen LogP contribution in [0, 0.1) is 0 Å². The summed E-state index contributed by atoms with van der Waals surface area (Å²) in [6.45, 7) is 4.09. The number of nitrogens with zero attached hydrogens (tertiary/aromatic N) is 1. The highest BCUT2D eigenvalue weighted by atomic mass is 35.5. The fourth-order valence-electron chi connectivity index (χ4n) is 1.96. The van der Waals surface area contributed by atoms with Crippen LogP contribution in [0.3, 0.4) is 0 Å². The number of amides is 1. The van der Waals surface area contributed by atoms with Gasteiger partial charge in [0.1, 0.15) is 0 Å². The van der Waals surface area contributed by atoms with Crippen molar-refractivity contribution >= 4 is 17.5 Å². The van der Waals surface area contributed by atoms with Crippen molar-refractivity contribution in [3.63, 3.8) is 0 Å². The largest absolute Gasteiger partial charge is 0.338 e. The molecule has 19 heavy (non-hydrogen) atoms. The van der Waals surface area contributed by atoms with Crippen LogP contribution in [0.1, 0.15) is 44.7 Å². The van der Waals surface area contributed by atoms with Gasteiger partial charge >= 0.3 is 0 Å². The highest BCUT2D eigenvalue weighted by molar-refractivity contribution is 6.30. The molecule has 3 nitrogen and oxygen atoms in total. The van der Waals surface area contributed by atoms with Gasteiger partial charge in [-0.3, -0.25) is 4.79 Å². The first kappa shape index (κ1) is 16.0. The van der Waals surface area contributed by atoms with Crippen molar-refractivity contribution < 1.29 is 4.79 Å². The fraction of sp³-hybridized carbons (Fsp3) is 0.533. The number of rotatable bonds is 6. The molecule has 1 aromatic rings. The summed E-state index contributed by atoms with van der Waals surface area (Å²) in [4.78, 5) is 13.9. The van der Waals surface area contributed by atoms with Crippen molar-refractivity contribution in [3.05, 3.63) is 34.9 Å². The minimum Gasteiger partial charge on any atom is -0.338 e. The molecule has 2 atom stereocenters. The minimum atomic E-state index is -0.403. The molecule has 0 saturated heterocycles. The molecule has 0 aliphatic rings. The highest BCUT2D eigenvalue weighted by Crippen LogP contribution is 2.21. The molecule has 0 bridgehead atoms. The van der Waals surface area contributed by atoms with E-state index in [0.717, 1.165) is 24.8 Å². The van der Waals surface area contributed by atoms with Crippen LogP contribution in [0.5, 0.6) is 0 Å². The van der Waals surface area contributed by atoms with Gasteiger partial charge in [-0.15, -0.1) is 0 Å². The lowest BCUT2D eigenvalue weighted by molar-refractivity contribution is -0.133. The minimum absolute atomic E-state index is 0.00237. The van der Waals surface area contributed by atoms with Crippen molar-refractivity contribution in [1.29, 1.82) is 0 Å². The number of carbonyl (C=O) groups is 1. The summed E-state index contributed by atoms with van der Waals surface area (Å²) in [6.07, 6.45) is 2.78. The smallest absolute Gasteiger partial charge is 0.239 e. The third-order valence-corrected chi connectivity index (χ3v) is 3.72. The van der Waals surface area contributed by atoms with E-state index in [9.17, 15) is 4.79 Å². The summed E-state index contributed by atoms with van der Waals surface area (Å²) in [7, 11) is 1.80. The maximum absolute atomic E-state index is 12.2. The Hall–Kier alpha value is -1.06. The van der Waals surface area contributed by atoms with Gasteiger partial charge in [-0.05, 0) is 31.0 Å². The molecule has 0 radical (unpaired) electrons. The average Bonchev–Trinajstić information content (AvgIpc) is 2.43. The summed E-state index contributed by atoms with van der Waals surface area (Å²) >= 11 is 5.87. The van der Waals surface area contributed by atoms with Gasteiger partial charge in [-0.2, -0.15) is 0 Å². The molecular formula is C15H23ClN2O. The van der Waals surface area contributed by atoms with E-state index in [-0.39, 0.29) is 11.9 Å². The average molecular weight is 283 g/mol. The number of hydrogen-bond acceptors (Lipinski definition) is 2. The van der Waals surface area contributed by atoms with Gasteiger partial charge in [0, 0.05) is 12.1 Å². The fourth-order valence-corrected chi connectivity index (χ4v) is 2.09. The molecule has 0 heterocycles. The van der Waals surface area contributed by atoms with Gasteiger partial charge in [0.15, 0.2) is 0 Å². The third-order valence-electron chi connectivity index (χ3n) is 3.47. The third kappa shape index (κ3) is 4.51. The molecule has 1 rings (SSSR count). The van der Waals surface area contributed by atoms with Crippen molar-refractivity contribution in [2.75, 3.05) is 7.05 Å².